The third-order valence-electron chi connectivity index (χ3n) is 3.82. The summed E-state index contributed by atoms with van der Waals surface area (Å²) in [5.74, 6) is 0. The van der Waals surface area contributed by atoms with Crippen molar-refractivity contribution >= 4 is 11.4 Å². The van der Waals surface area contributed by atoms with Crippen LogP contribution in [-0.4, -0.2) is 19.6 Å². The average Bonchev–Trinajstić information content (AvgIpc) is 2.44. The largest absolute Gasteiger partial charge is 0.418 e. The molecule has 2 nitrogen and oxygen atoms in total. The maximum absolute atomic E-state index is 13.4. The second-order valence-electron chi connectivity index (χ2n) is 7.19. The Morgan fingerprint density at radius 2 is 1.68 bits per heavy atom. The van der Waals surface area contributed by atoms with Crippen LogP contribution in [0.4, 0.5) is 24.5 Å². The molecule has 1 aromatic rings. The predicted molar refractivity (Wildman–Crippen MR) is 85.5 cm³/mol. The first-order valence-electron chi connectivity index (χ1n) is 7.87. The molecule has 1 aromatic carbocycles. The van der Waals surface area contributed by atoms with Gasteiger partial charge < -0.3 is 10.2 Å². The summed E-state index contributed by atoms with van der Waals surface area (Å²) >= 11 is 0. The topological polar surface area (TPSA) is 15.3 Å². The summed E-state index contributed by atoms with van der Waals surface area (Å²) in [7, 11) is 0. The van der Waals surface area contributed by atoms with Crippen LogP contribution in [0.1, 0.15) is 45.6 Å². The molecule has 0 unspecified atom stereocenters. The van der Waals surface area contributed by atoms with Gasteiger partial charge in [-0.05, 0) is 42.9 Å². The normalized spacial score (nSPS) is 16.7. The van der Waals surface area contributed by atoms with Crippen molar-refractivity contribution in [3.8, 4) is 0 Å². The van der Waals surface area contributed by atoms with E-state index in [0.717, 1.165) is 19.3 Å². The van der Waals surface area contributed by atoms with Crippen LogP contribution in [0.25, 0.3) is 0 Å². The first kappa shape index (κ1) is 17.0. The molecule has 124 valence electrons. The fraction of sp³-hybridized carbons (Fsp3) is 0.647. The third kappa shape index (κ3) is 4.55. The number of hydrogen-bond acceptors (Lipinski definition) is 2. The monoisotopic (exact) mass is 314 g/mol. The summed E-state index contributed by atoms with van der Waals surface area (Å²) in [6, 6.07) is 4.61. The van der Waals surface area contributed by atoms with Gasteiger partial charge in [0.2, 0.25) is 0 Å². The summed E-state index contributed by atoms with van der Waals surface area (Å²) in [4.78, 5) is 1.86. The van der Waals surface area contributed by atoms with Crippen LogP contribution in [0.3, 0.4) is 0 Å². The molecule has 1 aliphatic rings. The average molecular weight is 314 g/mol. The van der Waals surface area contributed by atoms with Gasteiger partial charge in [-0.2, -0.15) is 13.2 Å². The smallest absolute Gasteiger partial charge is 0.385 e. The van der Waals surface area contributed by atoms with Crippen molar-refractivity contribution in [2.24, 2.45) is 5.41 Å². The summed E-state index contributed by atoms with van der Waals surface area (Å²) in [6.07, 6.45) is -1.31. The molecule has 0 amide bonds. The van der Waals surface area contributed by atoms with Gasteiger partial charge in [-0.15, -0.1) is 0 Å². The van der Waals surface area contributed by atoms with Crippen LogP contribution in [0.2, 0.25) is 0 Å². The SMILES string of the molecule is CC(C)(C)CNc1ccc(N2CCCCC2)c(C(F)(F)F)c1. The number of nitrogens with one attached hydrogen (secondary N) is 1. The van der Waals surface area contributed by atoms with E-state index < -0.39 is 11.7 Å². The first-order valence-corrected chi connectivity index (χ1v) is 7.87. The van der Waals surface area contributed by atoms with E-state index in [1.165, 1.54) is 6.07 Å². The summed E-state index contributed by atoms with van der Waals surface area (Å²) in [6.45, 7) is 8.19. The zero-order valence-corrected chi connectivity index (χ0v) is 13.6. The minimum atomic E-state index is -4.33. The van der Waals surface area contributed by atoms with Crippen molar-refractivity contribution in [3.05, 3.63) is 23.8 Å². The Balaban J connectivity index is 2.26. The highest BCUT2D eigenvalue weighted by molar-refractivity contribution is 5.62. The zero-order chi connectivity index (χ0) is 16.4. The molecule has 1 saturated heterocycles. The van der Waals surface area contributed by atoms with Gasteiger partial charge in [0.25, 0.3) is 0 Å². The van der Waals surface area contributed by atoms with Crippen molar-refractivity contribution < 1.29 is 13.2 Å². The fourth-order valence-corrected chi connectivity index (χ4v) is 2.65. The van der Waals surface area contributed by atoms with Gasteiger partial charge in [-0.25, -0.2) is 0 Å². The van der Waals surface area contributed by atoms with E-state index in [2.05, 4.69) is 5.32 Å². The van der Waals surface area contributed by atoms with Gasteiger partial charge >= 0.3 is 6.18 Å². The number of nitrogens with zero attached hydrogens (tertiary/aromatic N) is 1. The van der Waals surface area contributed by atoms with Crippen molar-refractivity contribution in [2.45, 2.75) is 46.2 Å². The summed E-state index contributed by atoms with van der Waals surface area (Å²) < 4.78 is 40.2. The molecule has 1 fully saturated rings. The Kier molecular flexibility index (Phi) is 4.93. The molecule has 2 rings (SSSR count). The highest BCUT2D eigenvalue weighted by Gasteiger charge is 2.35. The van der Waals surface area contributed by atoms with Crippen molar-refractivity contribution in [2.75, 3.05) is 29.9 Å². The predicted octanol–water partition coefficient (Wildman–Crippen LogP) is 5.15. The van der Waals surface area contributed by atoms with E-state index in [1.54, 1.807) is 12.1 Å². The van der Waals surface area contributed by atoms with Crippen LogP contribution in [0.5, 0.6) is 0 Å². The molecule has 0 spiro atoms. The number of benzene rings is 1. The molecule has 0 radical (unpaired) electrons. The molecule has 22 heavy (non-hydrogen) atoms. The van der Waals surface area contributed by atoms with Crippen LogP contribution < -0.4 is 10.2 Å². The molecule has 0 bridgehead atoms. The molecule has 0 saturated carbocycles. The molecule has 0 aliphatic carbocycles. The fourth-order valence-electron chi connectivity index (χ4n) is 2.65. The van der Waals surface area contributed by atoms with E-state index in [-0.39, 0.29) is 5.41 Å². The first-order chi connectivity index (χ1) is 10.2. The highest BCUT2D eigenvalue weighted by atomic mass is 19.4. The summed E-state index contributed by atoms with van der Waals surface area (Å²) in [5, 5.41) is 3.11. The standard InChI is InChI=1S/C17H25F3N2/c1-16(2,3)12-21-13-7-8-15(14(11-13)17(18,19)20)22-9-5-4-6-10-22/h7-8,11,21H,4-6,9-10,12H2,1-3H3. The van der Waals surface area contributed by atoms with E-state index in [1.807, 2.05) is 25.7 Å². The minimum Gasteiger partial charge on any atom is -0.385 e. The van der Waals surface area contributed by atoms with Crippen molar-refractivity contribution in [1.29, 1.82) is 0 Å². The maximum atomic E-state index is 13.4. The molecule has 1 N–H and O–H groups in total. The van der Waals surface area contributed by atoms with Gasteiger partial charge in [0, 0.05) is 31.0 Å². The zero-order valence-electron chi connectivity index (χ0n) is 13.6. The van der Waals surface area contributed by atoms with Gasteiger partial charge in [0.05, 0.1) is 5.56 Å². The second-order valence-corrected chi connectivity index (χ2v) is 7.19. The van der Waals surface area contributed by atoms with E-state index >= 15 is 0 Å². The summed E-state index contributed by atoms with van der Waals surface area (Å²) in [5.41, 5.74) is 0.328. The van der Waals surface area contributed by atoms with Crippen LogP contribution in [-0.2, 0) is 6.18 Å². The van der Waals surface area contributed by atoms with Crippen LogP contribution >= 0.6 is 0 Å². The van der Waals surface area contributed by atoms with E-state index in [0.29, 0.717) is 31.0 Å². The Hall–Kier alpha value is -1.39. The van der Waals surface area contributed by atoms with Crippen LogP contribution in [0.15, 0.2) is 18.2 Å². The van der Waals surface area contributed by atoms with Crippen molar-refractivity contribution in [1.82, 2.24) is 0 Å². The lowest BCUT2D eigenvalue weighted by Gasteiger charge is -2.31. The minimum absolute atomic E-state index is 0.0178. The highest BCUT2D eigenvalue weighted by Crippen LogP contribution is 2.39. The third-order valence-corrected chi connectivity index (χ3v) is 3.82. The molecule has 1 aliphatic heterocycles. The Labute approximate surface area is 130 Å². The lowest BCUT2D eigenvalue weighted by molar-refractivity contribution is -0.137. The van der Waals surface area contributed by atoms with Crippen LogP contribution in [0, 0.1) is 5.41 Å². The molecule has 1 heterocycles. The number of piperidine rings is 1. The number of rotatable bonds is 3. The van der Waals surface area contributed by atoms with Gasteiger partial charge in [-0.3, -0.25) is 0 Å². The van der Waals surface area contributed by atoms with Gasteiger partial charge in [0.15, 0.2) is 0 Å². The molecular weight excluding hydrogens is 289 g/mol. The van der Waals surface area contributed by atoms with E-state index in [4.69, 9.17) is 0 Å². The second kappa shape index (κ2) is 6.39. The lowest BCUT2D eigenvalue weighted by atomic mass is 9.97. The van der Waals surface area contributed by atoms with Gasteiger partial charge in [0.1, 0.15) is 0 Å². The van der Waals surface area contributed by atoms with Crippen molar-refractivity contribution in [3.63, 3.8) is 0 Å². The lowest BCUT2D eigenvalue weighted by Crippen LogP contribution is -2.31. The Morgan fingerprint density at radius 1 is 1.05 bits per heavy atom. The Bertz CT molecular complexity index is 498. The van der Waals surface area contributed by atoms with E-state index in [9.17, 15) is 13.2 Å². The molecular formula is C17H25F3N2. The number of halogens is 3. The number of alkyl halides is 3. The maximum Gasteiger partial charge on any atom is 0.418 e. The molecule has 5 heteroatoms. The van der Waals surface area contributed by atoms with Gasteiger partial charge in [-0.1, -0.05) is 20.8 Å². The number of hydrogen-bond donors (Lipinski definition) is 1. The quantitative estimate of drug-likeness (QED) is 0.829. The number of anilines is 2. The Morgan fingerprint density at radius 3 is 2.23 bits per heavy atom. The molecule has 0 aromatic heterocycles. The molecule has 0 atom stereocenters.